The molecule has 0 fully saturated rings. The summed E-state index contributed by atoms with van der Waals surface area (Å²) in [5.74, 6) is 2.79. The van der Waals surface area contributed by atoms with Crippen LogP contribution in [0.3, 0.4) is 0 Å². The molecule has 0 bridgehead atoms. The second-order valence-electron chi connectivity index (χ2n) is 9.44. The highest BCUT2D eigenvalue weighted by Gasteiger charge is 2.06. The molecule has 2 unspecified atom stereocenters. The van der Waals surface area contributed by atoms with Crippen LogP contribution in [0, 0.1) is 17.8 Å². The van der Waals surface area contributed by atoms with Crippen molar-refractivity contribution in [1.82, 2.24) is 0 Å². The van der Waals surface area contributed by atoms with Crippen molar-refractivity contribution in [3.63, 3.8) is 0 Å². The average Bonchev–Trinajstić information content (AvgIpc) is 2.56. The Hall–Kier alpha value is 0. The molecule has 152 valence electrons. The van der Waals surface area contributed by atoms with Crippen molar-refractivity contribution < 1.29 is 0 Å². The van der Waals surface area contributed by atoms with E-state index in [0.29, 0.717) is 0 Å². The van der Waals surface area contributed by atoms with E-state index in [9.17, 15) is 0 Å². The van der Waals surface area contributed by atoms with Gasteiger partial charge in [-0.3, -0.25) is 0 Å². The Bertz CT molecular complexity index is 242. The van der Waals surface area contributed by atoms with E-state index in [2.05, 4.69) is 34.6 Å². The van der Waals surface area contributed by atoms with E-state index >= 15 is 0 Å². The molecule has 2 atom stereocenters. The summed E-state index contributed by atoms with van der Waals surface area (Å²) in [5.41, 5.74) is 0. The SMILES string of the molecule is CCCCCCCCCCCCC(C)CCCC(C)CCCC(C)C. The van der Waals surface area contributed by atoms with E-state index < -0.39 is 0 Å². The molecule has 0 radical (unpaired) electrons. The summed E-state index contributed by atoms with van der Waals surface area (Å²) >= 11 is 0. The van der Waals surface area contributed by atoms with Crippen LogP contribution in [0.5, 0.6) is 0 Å². The van der Waals surface area contributed by atoms with Crippen molar-refractivity contribution in [2.24, 2.45) is 17.8 Å². The van der Waals surface area contributed by atoms with Gasteiger partial charge in [-0.1, -0.05) is 144 Å². The van der Waals surface area contributed by atoms with Gasteiger partial charge >= 0.3 is 0 Å². The maximum Gasteiger partial charge on any atom is -0.0443 e. The molecule has 25 heavy (non-hydrogen) atoms. The molecular weight excluding hydrogens is 300 g/mol. The average molecular weight is 353 g/mol. The fourth-order valence-corrected chi connectivity index (χ4v) is 3.96. The Morgan fingerprint density at radius 3 is 1.20 bits per heavy atom. The molecule has 0 aliphatic carbocycles. The third-order valence-electron chi connectivity index (χ3n) is 5.92. The topological polar surface area (TPSA) is 0 Å². The zero-order valence-electron chi connectivity index (χ0n) is 18.8. The van der Waals surface area contributed by atoms with Gasteiger partial charge in [0.1, 0.15) is 0 Å². The summed E-state index contributed by atoms with van der Waals surface area (Å²) < 4.78 is 0. The Kier molecular flexibility index (Phi) is 18.8. The second kappa shape index (κ2) is 18.8. The first kappa shape index (κ1) is 25.0. The number of rotatable bonds is 19. The Labute approximate surface area is 161 Å². The van der Waals surface area contributed by atoms with Crippen molar-refractivity contribution in [3.05, 3.63) is 0 Å². The molecule has 0 heteroatoms. The number of unbranched alkanes of at least 4 members (excludes halogenated alkanes) is 9. The van der Waals surface area contributed by atoms with E-state index in [1.54, 1.807) is 0 Å². The first-order valence-corrected chi connectivity index (χ1v) is 12.1. The lowest BCUT2D eigenvalue weighted by Gasteiger charge is -2.15. The van der Waals surface area contributed by atoms with E-state index in [1.807, 2.05) is 0 Å². The molecule has 0 aromatic carbocycles. The highest BCUT2D eigenvalue weighted by molar-refractivity contribution is 4.59. The van der Waals surface area contributed by atoms with Gasteiger partial charge in [0.15, 0.2) is 0 Å². The van der Waals surface area contributed by atoms with Gasteiger partial charge in [-0.2, -0.15) is 0 Å². The maximum absolute atomic E-state index is 2.48. The predicted molar refractivity (Wildman–Crippen MR) is 117 cm³/mol. The molecule has 0 spiro atoms. The first-order valence-electron chi connectivity index (χ1n) is 12.1. The molecule has 0 aromatic rings. The van der Waals surface area contributed by atoms with Crippen molar-refractivity contribution >= 4 is 0 Å². The monoisotopic (exact) mass is 352 g/mol. The van der Waals surface area contributed by atoms with Crippen LogP contribution >= 0.6 is 0 Å². The smallest absolute Gasteiger partial charge is 0.0443 e. The Morgan fingerprint density at radius 1 is 0.400 bits per heavy atom. The van der Waals surface area contributed by atoms with Crippen LogP contribution in [-0.2, 0) is 0 Å². The van der Waals surface area contributed by atoms with Crippen LogP contribution < -0.4 is 0 Å². The predicted octanol–water partition coefficient (Wildman–Crippen LogP) is 9.57. The van der Waals surface area contributed by atoms with Gasteiger partial charge in [-0.05, 0) is 17.8 Å². The largest absolute Gasteiger partial charge is 0.0654 e. The van der Waals surface area contributed by atoms with Crippen molar-refractivity contribution in [3.8, 4) is 0 Å². The minimum Gasteiger partial charge on any atom is -0.0654 e. The molecule has 0 saturated carbocycles. The van der Waals surface area contributed by atoms with Crippen LogP contribution in [0.15, 0.2) is 0 Å². The van der Waals surface area contributed by atoms with Crippen LogP contribution in [0.4, 0.5) is 0 Å². The summed E-state index contributed by atoms with van der Waals surface area (Å²) in [6, 6.07) is 0. The van der Waals surface area contributed by atoms with Gasteiger partial charge < -0.3 is 0 Å². The molecule has 0 nitrogen and oxygen atoms in total. The lowest BCUT2D eigenvalue weighted by molar-refractivity contribution is 0.385. The van der Waals surface area contributed by atoms with Crippen LogP contribution in [0.25, 0.3) is 0 Å². The molecule has 0 rings (SSSR count). The third kappa shape index (κ3) is 20.2. The van der Waals surface area contributed by atoms with Gasteiger partial charge in [-0.15, -0.1) is 0 Å². The number of hydrogen-bond donors (Lipinski definition) is 0. The van der Waals surface area contributed by atoms with E-state index in [0.717, 1.165) is 17.8 Å². The van der Waals surface area contributed by atoms with Gasteiger partial charge in [0, 0.05) is 0 Å². The summed E-state index contributed by atoms with van der Waals surface area (Å²) in [6.07, 6.45) is 24.8. The fourth-order valence-electron chi connectivity index (χ4n) is 3.96. The van der Waals surface area contributed by atoms with Gasteiger partial charge in [0.05, 0.1) is 0 Å². The van der Waals surface area contributed by atoms with Crippen LogP contribution in [-0.4, -0.2) is 0 Å². The molecule has 0 N–H and O–H groups in total. The normalized spacial score (nSPS) is 14.2. The van der Waals surface area contributed by atoms with E-state index in [1.165, 1.54) is 109 Å². The Morgan fingerprint density at radius 2 is 0.760 bits per heavy atom. The molecule has 0 aliphatic rings. The third-order valence-corrected chi connectivity index (χ3v) is 5.92. The first-order chi connectivity index (χ1) is 12.1. The molecular formula is C25H52. The van der Waals surface area contributed by atoms with Crippen LogP contribution in [0.1, 0.15) is 144 Å². The summed E-state index contributed by atoms with van der Waals surface area (Å²) in [5, 5.41) is 0. The molecule has 0 saturated heterocycles. The van der Waals surface area contributed by atoms with Crippen LogP contribution in [0.2, 0.25) is 0 Å². The maximum atomic E-state index is 2.48. The summed E-state index contributed by atoms with van der Waals surface area (Å²) in [7, 11) is 0. The second-order valence-corrected chi connectivity index (χ2v) is 9.44. The molecule has 0 aliphatic heterocycles. The van der Waals surface area contributed by atoms with Gasteiger partial charge in [0.25, 0.3) is 0 Å². The van der Waals surface area contributed by atoms with Crippen molar-refractivity contribution in [2.75, 3.05) is 0 Å². The lowest BCUT2D eigenvalue weighted by atomic mass is 9.91. The minimum absolute atomic E-state index is 0.883. The van der Waals surface area contributed by atoms with Gasteiger partial charge in [-0.25, -0.2) is 0 Å². The fraction of sp³-hybridized carbons (Fsp3) is 1.00. The summed E-state index contributed by atoms with van der Waals surface area (Å²) in [6.45, 7) is 11.9. The zero-order valence-corrected chi connectivity index (χ0v) is 18.8. The molecule has 0 amide bonds. The van der Waals surface area contributed by atoms with Crippen molar-refractivity contribution in [2.45, 2.75) is 144 Å². The van der Waals surface area contributed by atoms with Crippen molar-refractivity contribution in [1.29, 1.82) is 0 Å². The highest BCUT2D eigenvalue weighted by atomic mass is 14.1. The Balaban J connectivity index is 3.29. The van der Waals surface area contributed by atoms with Gasteiger partial charge in [0.2, 0.25) is 0 Å². The molecule has 0 heterocycles. The lowest BCUT2D eigenvalue weighted by Crippen LogP contribution is -2.00. The quantitative estimate of drug-likeness (QED) is 0.203. The molecule has 0 aromatic heterocycles. The van der Waals surface area contributed by atoms with E-state index in [4.69, 9.17) is 0 Å². The van der Waals surface area contributed by atoms with E-state index in [-0.39, 0.29) is 0 Å². The number of hydrogen-bond acceptors (Lipinski definition) is 0. The standard InChI is InChI=1S/C25H52/c1-6-7-8-9-10-11-12-13-14-15-19-24(4)21-17-22-25(5)20-16-18-23(2)3/h23-25H,6-22H2,1-5H3. The zero-order chi connectivity index (χ0) is 18.8. The summed E-state index contributed by atoms with van der Waals surface area (Å²) in [4.78, 5) is 0. The highest BCUT2D eigenvalue weighted by Crippen LogP contribution is 2.22. The minimum atomic E-state index is 0.883.